The Kier molecular flexibility index (Phi) is 12.1. The molecule has 0 bridgehead atoms. The Morgan fingerprint density at radius 2 is 1.86 bits per heavy atom. The Bertz CT molecular complexity index is 2540. The number of amides is 1. The SMILES string of the molecule is C=CCc1c(C#N)c(N=NCI(C)(=NC(=NC(O)CC)N(c2nc3ccccc3o2)c2c(C)cc(C)cc2C)NC(=O)OC)nn1-c1ccnc2ccccc12. The second-order valence-corrected chi connectivity index (χ2v) is 20.1. The van der Waals surface area contributed by atoms with Gasteiger partial charge in [0, 0.05) is 0 Å². The van der Waals surface area contributed by atoms with Crippen molar-refractivity contribution in [3.05, 3.63) is 114 Å². The third-order valence-electron chi connectivity index (χ3n) is 8.61. The van der Waals surface area contributed by atoms with Crippen molar-refractivity contribution >= 4 is 70.1 Å². The standard InChI is InChI=1S/C40H42IN11O4/c1-8-14-32-29(23-42)37(50-52(32)33-19-20-43-30-16-11-10-15-28(30)33)49-44-24-41(6,48-40(54)55-7)47-38(46-35(53)9-2)51(36-26(4)21-25(3)22-27(36)5)39-45-31-17-12-13-18-34(31)56-39/h8,10-13,15-22,35,53H,1,9,14,24H2,2-7H3,(H,46,47,48,54). The predicted molar refractivity (Wildman–Crippen MR) is 225 cm³/mol. The van der Waals surface area contributed by atoms with E-state index in [1.165, 1.54) is 7.11 Å². The third kappa shape index (κ3) is 8.38. The molecular formula is C40H42IN11O4. The number of nitrogens with zero attached hydrogens (tertiary/aromatic N) is 10. The first-order valence-corrected chi connectivity index (χ1v) is 23.3. The van der Waals surface area contributed by atoms with Crippen molar-refractivity contribution in [1.29, 1.82) is 5.26 Å². The molecule has 3 heterocycles. The molecule has 15 nitrogen and oxygen atoms in total. The summed E-state index contributed by atoms with van der Waals surface area (Å²) in [6, 6.07) is 23.3. The van der Waals surface area contributed by atoms with Crippen LogP contribution in [0.2, 0.25) is 0 Å². The number of methoxy groups -OCH3 is 1. The number of nitriles is 1. The molecule has 2 N–H and O–H groups in total. The van der Waals surface area contributed by atoms with Gasteiger partial charge in [-0.3, -0.25) is 0 Å². The van der Waals surface area contributed by atoms with E-state index < -0.39 is 30.9 Å². The number of azo groups is 1. The number of hydrogen-bond donors (Lipinski definition) is 2. The second kappa shape index (κ2) is 17.1. The van der Waals surface area contributed by atoms with Crippen molar-refractivity contribution < 1.29 is 19.1 Å². The minimum atomic E-state index is -4.13. The van der Waals surface area contributed by atoms with Gasteiger partial charge < -0.3 is 0 Å². The minimum absolute atomic E-state index is 0.0475. The van der Waals surface area contributed by atoms with Crippen LogP contribution in [0, 0.1) is 32.1 Å². The van der Waals surface area contributed by atoms with E-state index in [0.29, 0.717) is 34.6 Å². The molecule has 56 heavy (non-hydrogen) atoms. The molecule has 3 aromatic heterocycles. The molecule has 0 spiro atoms. The number of aromatic nitrogens is 4. The van der Waals surface area contributed by atoms with Crippen molar-refractivity contribution in [2.24, 2.45) is 18.4 Å². The molecular weight excluding hydrogens is 825 g/mol. The average molecular weight is 868 g/mol. The Morgan fingerprint density at radius 3 is 2.54 bits per heavy atom. The summed E-state index contributed by atoms with van der Waals surface area (Å²) in [5, 5.41) is 35.9. The van der Waals surface area contributed by atoms with Crippen LogP contribution in [-0.2, 0) is 11.2 Å². The fraction of sp³-hybridized carbons (Fsp3) is 0.250. The second-order valence-electron chi connectivity index (χ2n) is 12.9. The first-order valence-electron chi connectivity index (χ1n) is 17.6. The van der Waals surface area contributed by atoms with Gasteiger partial charge in [0.1, 0.15) is 0 Å². The summed E-state index contributed by atoms with van der Waals surface area (Å²) in [5.41, 5.74) is 6.93. The number of aliphatic hydroxyl groups excluding tert-OH is 1. The Labute approximate surface area is 328 Å². The normalized spacial score (nSPS) is 13.9. The van der Waals surface area contributed by atoms with Gasteiger partial charge in [0.05, 0.1) is 0 Å². The van der Waals surface area contributed by atoms with Gasteiger partial charge in [-0.05, 0) is 0 Å². The fourth-order valence-corrected chi connectivity index (χ4v) is 9.82. The van der Waals surface area contributed by atoms with Crippen LogP contribution in [-0.4, -0.2) is 59.7 Å². The maximum atomic E-state index is 13.0. The summed E-state index contributed by atoms with van der Waals surface area (Å²) in [7, 11) is 1.26. The molecule has 1 amide bonds. The molecule has 6 rings (SSSR count). The molecule has 288 valence electrons. The number of oxazole rings is 1. The summed E-state index contributed by atoms with van der Waals surface area (Å²) in [5.74, 6) is 0.132. The van der Waals surface area contributed by atoms with Crippen LogP contribution in [0.1, 0.15) is 41.3 Å². The number of nitrogens with one attached hydrogen (secondary N) is 1. The van der Waals surface area contributed by atoms with Crippen molar-refractivity contribution in [1.82, 2.24) is 23.3 Å². The number of carbonyl (C=O) groups excluding carboxylic acids is 1. The van der Waals surface area contributed by atoms with Gasteiger partial charge in [-0.2, -0.15) is 0 Å². The van der Waals surface area contributed by atoms with Gasteiger partial charge in [-0.25, -0.2) is 0 Å². The predicted octanol–water partition coefficient (Wildman–Crippen LogP) is 9.18. The van der Waals surface area contributed by atoms with Crippen molar-refractivity contribution in [2.75, 3.05) is 21.5 Å². The molecule has 0 aliphatic rings. The molecule has 0 fully saturated rings. The Hall–Kier alpha value is -6.19. The number of alkyl halides is 2. The summed E-state index contributed by atoms with van der Waals surface area (Å²) in [4.78, 5) is 30.3. The van der Waals surface area contributed by atoms with Crippen LogP contribution in [0.3, 0.4) is 0 Å². The number of anilines is 2. The summed E-state index contributed by atoms with van der Waals surface area (Å²) in [6.07, 6.45) is 2.09. The summed E-state index contributed by atoms with van der Waals surface area (Å²) < 4.78 is 21.0. The van der Waals surface area contributed by atoms with E-state index in [9.17, 15) is 15.2 Å². The number of ether oxygens (including phenoxy) is 1. The number of allylic oxidation sites excluding steroid dienone is 1. The van der Waals surface area contributed by atoms with Gasteiger partial charge >= 0.3 is 330 Å². The van der Waals surface area contributed by atoms with Crippen molar-refractivity contribution in [3.8, 4) is 11.8 Å². The van der Waals surface area contributed by atoms with Crippen LogP contribution >= 0.6 is 18.5 Å². The fourth-order valence-electron chi connectivity index (χ4n) is 6.17. The Morgan fingerprint density at radius 1 is 1.14 bits per heavy atom. The zero-order valence-corrected chi connectivity index (χ0v) is 34.1. The van der Waals surface area contributed by atoms with E-state index in [1.807, 2.05) is 87.5 Å². The zero-order chi connectivity index (χ0) is 40.0. The number of carbonyl (C=O) groups is 1. The number of pyridine rings is 1. The molecule has 0 radical (unpaired) electrons. The molecule has 0 saturated heterocycles. The topological polar surface area (TPSA) is 192 Å². The quantitative estimate of drug-likeness (QED) is 0.0187. The van der Waals surface area contributed by atoms with E-state index in [2.05, 4.69) is 36.4 Å². The molecule has 3 aromatic carbocycles. The molecule has 2 atom stereocenters. The van der Waals surface area contributed by atoms with Gasteiger partial charge in [-0.1, -0.05) is 0 Å². The molecule has 0 aliphatic carbocycles. The van der Waals surface area contributed by atoms with E-state index >= 15 is 0 Å². The number of aliphatic hydroxyl groups is 1. The summed E-state index contributed by atoms with van der Waals surface area (Å²) in [6.45, 7) is 11.6. The van der Waals surface area contributed by atoms with E-state index in [1.54, 1.807) is 33.7 Å². The van der Waals surface area contributed by atoms with E-state index in [0.717, 1.165) is 27.6 Å². The van der Waals surface area contributed by atoms with E-state index in [-0.39, 0.29) is 34.3 Å². The third-order valence-corrected chi connectivity index (χ3v) is 13.3. The summed E-state index contributed by atoms with van der Waals surface area (Å²) >= 11 is -4.13. The molecule has 2 unspecified atom stereocenters. The number of para-hydroxylation sites is 3. The first-order chi connectivity index (χ1) is 27.0. The van der Waals surface area contributed by atoms with Crippen molar-refractivity contribution in [2.45, 2.75) is 46.8 Å². The van der Waals surface area contributed by atoms with Crippen LogP contribution in [0.5, 0.6) is 0 Å². The number of aryl methyl sites for hydroxylation is 3. The van der Waals surface area contributed by atoms with Gasteiger partial charge in [-0.15, -0.1) is 0 Å². The molecule has 6 aromatic rings. The number of hydrogen-bond acceptors (Lipinski definition) is 11. The number of rotatable bonds is 11. The number of aliphatic imine (C=N–C) groups is 1. The van der Waals surface area contributed by atoms with Crippen molar-refractivity contribution in [3.63, 3.8) is 0 Å². The monoisotopic (exact) mass is 867 g/mol. The first kappa shape index (κ1) is 39.5. The van der Waals surface area contributed by atoms with Crippen LogP contribution < -0.4 is 8.43 Å². The van der Waals surface area contributed by atoms with Crippen LogP contribution in [0.25, 0.3) is 27.7 Å². The van der Waals surface area contributed by atoms with Gasteiger partial charge in [0.2, 0.25) is 0 Å². The van der Waals surface area contributed by atoms with E-state index in [4.69, 9.17) is 22.4 Å². The number of guanidine groups is 1. The van der Waals surface area contributed by atoms with Crippen LogP contribution in [0.4, 0.5) is 22.3 Å². The Balaban J connectivity index is 1.51. The average Bonchev–Trinajstić information content (AvgIpc) is 3.76. The van der Waals surface area contributed by atoms with Gasteiger partial charge in [0.15, 0.2) is 0 Å². The maximum absolute atomic E-state index is 13.0. The van der Waals surface area contributed by atoms with Gasteiger partial charge in [0.25, 0.3) is 0 Å². The molecule has 0 saturated carbocycles. The molecule has 16 heteroatoms. The zero-order valence-electron chi connectivity index (χ0n) is 31.9. The number of fused-ring (bicyclic) bond motifs is 2. The number of halogens is 1. The number of benzene rings is 3. The molecule has 0 aliphatic heterocycles. The van der Waals surface area contributed by atoms with Crippen LogP contribution in [0.15, 0.2) is 108 Å².